The summed E-state index contributed by atoms with van der Waals surface area (Å²) in [5, 5.41) is 0.806. The first-order valence-electron chi connectivity index (χ1n) is 7.39. The van der Waals surface area contributed by atoms with E-state index in [9.17, 15) is 4.39 Å². The number of likely N-dealkylation sites (tertiary alicyclic amines) is 1. The van der Waals surface area contributed by atoms with Gasteiger partial charge >= 0.3 is 0 Å². The van der Waals surface area contributed by atoms with Crippen LogP contribution in [0, 0.1) is 11.7 Å². The quantitative estimate of drug-likeness (QED) is 0.937. The molecule has 4 rings (SSSR count). The van der Waals surface area contributed by atoms with Gasteiger partial charge in [0.15, 0.2) is 0 Å². The number of rotatable bonds is 3. The molecule has 2 N–H and O–H groups in total. The summed E-state index contributed by atoms with van der Waals surface area (Å²) in [5.41, 5.74) is 7.02. The standard InChI is InChI=1S/C16H19FN2S/c17-13-2-1-3-14-16(13)12(15(7-18)20-14)9-19-8-10-4-5-11(19)6-10/h1-3,10-11H,4-9,18H2. The van der Waals surface area contributed by atoms with Crippen molar-refractivity contribution in [3.05, 3.63) is 34.5 Å². The number of piperidine rings is 1. The van der Waals surface area contributed by atoms with E-state index in [2.05, 4.69) is 4.90 Å². The van der Waals surface area contributed by atoms with Crippen molar-refractivity contribution in [3.8, 4) is 0 Å². The van der Waals surface area contributed by atoms with Crippen LogP contribution in [0.3, 0.4) is 0 Å². The van der Waals surface area contributed by atoms with Gasteiger partial charge in [0.1, 0.15) is 5.82 Å². The predicted octanol–water partition coefficient (Wildman–Crippen LogP) is 3.48. The van der Waals surface area contributed by atoms with Crippen molar-refractivity contribution in [2.45, 2.75) is 38.4 Å². The van der Waals surface area contributed by atoms with E-state index in [0.29, 0.717) is 12.6 Å². The van der Waals surface area contributed by atoms with Gasteiger partial charge in [-0.25, -0.2) is 4.39 Å². The highest BCUT2D eigenvalue weighted by atomic mass is 32.1. The number of nitrogens with zero attached hydrogens (tertiary/aromatic N) is 1. The zero-order valence-corrected chi connectivity index (χ0v) is 12.3. The van der Waals surface area contributed by atoms with Gasteiger partial charge in [-0.1, -0.05) is 6.07 Å². The fraction of sp³-hybridized carbons (Fsp3) is 0.500. The topological polar surface area (TPSA) is 29.3 Å². The third kappa shape index (κ3) is 1.90. The summed E-state index contributed by atoms with van der Waals surface area (Å²) < 4.78 is 15.2. The van der Waals surface area contributed by atoms with E-state index in [1.54, 1.807) is 23.5 Å². The third-order valence-corrected chi connectivity index (χ3v) is 6.14. The first-order valence-corrected chi connectivity index (χ1v) is 8.20. The van der Waals surface area contributed by atoms with Gasteiger partial charge in [0.05, 0.1) is 0 Å². The van der Waals surface area contributed by atoms with Gasteiger partial charge in [0.2, 0.25) is 0 Å². The molecule has 0 spiro atoms. The fourth-order valence-electron chi connectivity index (χ4n) is 3.97. The number of benzene rings is 1. The summed E-state index contributed by atoms with van der Waals surface area (Å²) in [5.74, 6) is 0.772. The van der Waals surface area contributed by atoms with Crippen molar-refractivity contribution in [2.75, 3.05) is 6.54 Å². The highest BCUT2D eigenvalue weighted by Crippen LogP contribution is 2.40. The van der Waals surface area contributed by atoms with Crippen LogP contribution in [0.5, 0.6) is 0 Å². The normalized spacial score (nSPS) is 25.9. The average Bonchev–Trinajstić information content (AvgIpc) is 3.13. The Kier molecular flexibility index (Phi) is 3.05. The highest BCUT2D eigenvalue weighted by molar-refractivity contribution is 7.19. The van der Waals surface area contributed by atoms with E-state index in [1.165, 1.54) is 25.8 Å². The van der Waals surface area contributed by atoms with Crippen LogP contribution < -0.4 is 5.73 Å². The van der Waals surface area contributed by atoms with Crippen molar-refractivity contribution in [1.82, 2.24) is 4.90 Å². The van der Waals surface area contributed by atoms with Crippen LogP contribution in [0.1, 0.15) is 29.7 Å². The minimum absolute atomic E-state index is 0.0993. The number of fused-ring (bicyclic) bond motifs is 3. The lowest BCUT2D eigenvalue weighted by atomic mass is 10.1. The summed E-state index contributed by atoms with van der Waals surface area (Å²) in [6, 6.07) is 6.07. The monoisotopic (exact) mass is 290 g/mol. The minimum Gasteiger partial charge on any atom is -0.326 e. The molecule has 2 atom stereocenters. The average molecular weight is 290 g/mol. The molecule has 1 saturated heterocycles. The van der Waals surface area contributed by atoms with Gasteiger partial charge in [-0.3, -0.25) is 4.90 Å². The first kappa shape index (κ1) is 12.7. The molecule has 1 saturated carbocycles. The Morgan fingerprint density at radius 3 is 2.95 bits per heavy atom. The molecule has 20 heavy (non-hydrogen) atoms. The molecule has 106 valence electrons. The first-order chi connectivity index (χ1) is 9.76. The second kappa shape index (κ2) is 4.79. The Balaban J connectivity index is 1.74. The van der Waals surface area contributed by atoms with Gasteiger partial charge in [0, 0.05) is 40.6 Å². The molecule has 1 aromatic carbocycles. The molecule has 2 fully saturated rings. The molecular formula is C16H19FN2S. The SMILES string of the molecule is NCc1sc2cccc(F)c2c1CN1CC2CCC1C2. The molecule has 1 aliphatic heterocycles. The number of nitrogens with two attached hydrogens (primary N) is 1. The van der Waals surface area contributed by atoms with Crippen LogP contribution in [0.4, 0.5) is 4.39 Å². The van der Waals surface area contributed by atoms with Crippen molar-refractivity contribution < 1.29 is 4.39 Å². The lowest BCUT2D eigenvalue weighted by Gasteiger charge is -2.27. The molecule has 0 radical (unpaired) electrons. The summed E-state index contributed by atoms with van der Waals surface area (Å²) in [7, 11) is 0. The Bertz CT molecular complexity index is 651. The summed E-state index contributed by atoms with van der Waals surface area (Å²) in [4.78, 5) is 3.69. The predicted molar refractivity (Wildman–Crippen MR) is 81.2 cm³/mol. The molecule has 1 aromatic heterocycles. The van der Waals surface area contributed by atoms with Crippen LogP contribution in [0.15, 0.2) is 18.2 Å². The smallest absolute Gasteiger partial charge is 0.132 e. The Morgan fingerprint density at radius 1 is 1.35 bits per heavy atom. The van der Waals surface area contributed by atoms with Crippen molar-refractivity contribution in [2.24, 2.45) is 11.7 Å². The van der Waals surface area contributed by atoms with Gasteiger partial charge in [-0.05, 0) is 42.9 Å². The molecule has 2 aromatic rings. The second-order valence-electron chi connectivity index (χ2n) is 6.08. The molecule has 2 unspecified atom stereocenters. The Hall–Kier alpha value is -0.970. The highest BCUT2D eigenvalue weighted by Gasteiger charge is 2.38. The Morgan fingerprint density at radius 2 is 2.25 bits per heavy atom. The number of thiophene rings is 1. The number of hydrogen-bond acceptors (Lipinski definition) is 3. The lowest BCUT2D eigenvalue weighted by molar-refractivity contribution is 0.205. The van der Waals surface area contributed by atoms with E-state index in [1.807, 2.05) is 6.07 Å². The molecule has 2 heterocycles. The Labute approximate surface area is 122 Å². The van der Waals surface area contributed by atoms with Gasteiger partial charge in [0.25, 0.3) is 0 Å². The maximum Gasteiger partial charge on any atom is 0.132 e. The van der Waals surface area contributed by atoms with Crippen LogP contribution in [0.25, 0.3) is 10.1 Å². The van der Waals surface area contributed by atoms with E-state index in [0.717, 1.165) is 33.0 Å². The molecule has 2 nitrogen and oxygen atoms in total. The van der Waals surface area contributed by atoms with Crippen molar-refractivity contribution in [1.29, 1.82) is 0 Å². The zero-order valence-electron chi connectivity index (χ0n) is 11.4. The second-order valence-corrected chi connectivity index (χ2v) is 7.22. The van der Waals surface area contributed by atoms with Gasteiger partial charge in [-0.15, -0.1) is 11.3 Å². The molecule has 2 aliphatic rings. The summed E-state index contributed by atoms with van der Waals surface area (Å²) in [6.07, 6.45) is 4.03. The van der Waals surface area contributed by atoms with Crippen LogP contribution in [-0.2, 0) is 13.1 Å². The van der Waals surface area contributed by atoms with E-state index in [4.69, 9.17) is 5.73 Å². The maximum absolute atomic E-state index is 14.2. The third-order valence-electron chi connectivity index (χ3n) is 4.92. The summed E-state index contributed by atoms with van der Waals surface area (Å²) >= 11 is 1.65. The fourth-order valence-corrected chi connectivity index (χ4v) is 5.08. The van der Waals surface area contributed by atoms with Crippen molar-refractivity contribution in [3.63, 3.8) is 0 Å². The maximum atomic E-state index is 14.2. The van der Waals surface area contributed by atoms with Crippen LogP contribution >= 0.6 is 11.3 Å². The zero-order chi connectivity index (χ0) is 13.7. The molecule has 1 aliphatic carbocycles. The number of halogens is 1. The molecule has 0 amide bonds. The molecule has 2 bridgehead atoms. The van der Waals surface area contributed by atoms with E-state index >= 15 is 0 Å². The molecular weight excluding hydrogens is 271 g/mol. The largest absolute Gasteiger partial charge is 0.326 e. The van der Waals surface area contributed by atoms with Crippen molar-refractivity contribution >= 4 is 21.4 Å². The van der Waals surface area contributed by atoms with E-state index < -0.39 is 0 Å². The van der Waals surface area contributed by atoms with Crippen LogP contribution in [-0.4, -0.2) is 17.5 Å². The molecule has 4 heteroatoms. The van der Waals surface area contributed by atoms with Gasteiger partial charge < -0.3 is 5.73 Å². The lowest BCUT2D eigenvalue weighted by Crippen LogP contribution is -2.31. The summed E-state index contributed by atoms with van der Waals surface area (Å²) in [6.45, 7) is 2.56. The van der Waals surface area contributed by atoms with Gasteiger partial charge in [-0.2, -0.15) is 0 Å². The van der Waals surface area contributed by atoms with E-state index in [-0.39, 0.29) is 5.82 Å². The van der Waals surface area contributed by atoms with Crippen LogP contribution in [0.2, 0.25) is 0 Å². The minimum atomic E-state index is -0.0993. The number of hydrogen-bond donors (Lipinski definition) is 1.